The molecule has 2 aromatic carbocycles. The smallest absolute Gasteiger partial charge is 0.332 e. The molecule has 1 aromatic heterocycles. The highest BCUT2D eigenvalue weighted by atomic mass is 19.4. The number of halogens is 3. The molecule has 0 spiro atoms. The molecule has 0 fully saturated rings. The van der Waals surface area contributed by atoms with Gasteiger partial charge in [-0.15, -0.1) is 0 Å². The summed E-state index contributed by atoms with van der Waals surface area (Å²) in [7, 11) is 0. The summed E-state index contributed by atoms with van der Waals surface area (Å²) in [6, 6.07) is 9.32. The maximum Gasteiger partial charge on any atom is 0.416 e. The first kappa shape index (κ1) is 21.9. The number of fused-ring (bicyclic) bond motifs is 1. The number of aromatic nitrogens is 3. The van der Waals surface area contributed by atoms with Crippen molar-refractivity contribution in [1.82, 2.24) is 25.8 Å². The van der Waals surface area contributed by atoms with E-state index in [9.17, 15) is 18.0 Å². The van der Waals surface area contributed by atoms with Gasteiger partial charge in [-0.25, -0.2) is 9.78 Å². The number of amides is 2. The van der Waals surface area contributed by atoms with E-state index >= 15 is 0 Å². The van der Waals surface area contributed by atoms with Crippen LogP contribution in [-0.4, -0.2) is 21.2 Å². The van der Waals surface area contributed by atoms with Crippen LogP contribution in [0.1, 0.15) is 65.5 Å². The van der Waals surface area contributed by atoms with Crippen molar-refractivity contribution in [2.24, 2.45) is 0 Å². The Morgan fingerprint density at radius 2 is 1.81 bits per heavy atom. The van der Waals surface area contributed by atoms with Crippen molar-refractivity contribution < 1.29 is 18.0 Å². The number of nitrogens with zero attached hydrogens (tertiary/aromatic N) is 2. The summed E-state index contributed by atoms with van der Waals surface area (Å²) in [4.78, 5) is 16.8. The third-order valence-electron chi connectivity index (χ3n) is 5.75. The Morgan fingerprint density at radius 3 is 2.53 bits per heavy atom. The minimum absolute atomic E-state index is 0.237. The molecule has 0 aliphatic heterocycles. The van der Waals surface area contributed by atoms with Crippen LogP contribution in [0.2, 0.25) is 0 Å². The number of nitrogens with one attached hydrogen (secondary N) is 3. The number of rotatable bonds is 5. The van der Waals surface area contributed by atoms with E-state index in [2.05, 4.69) is 37.9 Å². The average Bonchev–Trinajstić information content (AvgIpc) is 3.31. The Bertz CT molecular complexity index is 1080. The van der Waals surface area contributed by atoms with Gasteiger partial charge in [-0.3, -0.25) is 5.10 Å². The van der Waals surface area contributed by atoms with Gasteiger partial charge in [-0.05, 0) is 67.0 Å². The first-order chi connectivity index (χ1) is 15.3. The van der Waals surface area contributed by atoms with E-state index in [1.807, 2.05) is 13.0 Å². The zero-order valence-corrected chi connectivity index (χ0v) is 17.5. The summed E-state index contributed by atoms with van der Waals surface area (Å²) in [5.74, 6) is 0.237. The number of aromatic amines is 1. The van der Waals surface area contributed by atoms with E-state index in [-0.39, 0.29) is 17.4 Å². The maximum atomic E-state index is 13.2. The largest absolute Gasteiger partial charge is 0.416 e. The number of aryl methyl sites for hydroxylation is 2. The molecule has 1 aliphatic rings. The van der Waals surface area contributed by atoms with Crippen LogP contribution in [-0.2, 0) is 19.0 Å². The van der Waals surface area contributed by atoms with Gasteiger partial charge in [0.05, 0.1) is 11.6 Å². The molecule has 32 heavy (non-hydrogen) atoms. The number of hydrogen-bond acceptors (Lipinski definition) is 3. The highest BCUT2D eigenvalue weighted by Gasteiger charge is 2.32. The molecule has 1 unspecified atom stereocenters. The highest BCUT2D eigenvalue weighted by Crippen LogP contribution is 2.31. The Morgan fingerprint density at radius 1 is 1.03 bits per heavy atom. The monoisotopic (exact) mass is 443 g/mol. The molecule has 0 saturated heterocycles. The lowest BCUT2D eigenvalue weighted by atomic mass is 9.89. The van der Waals surface area contributed by atoms with Crippen molar-refractivity contribution in [1.29, 1.82) is 0 Å². The van der Waals surface area contributed by atoms with Crippen molar-refractivity contribution in [2.45, 2.75) is 50.9 Å². The molecule has 4 rings (SSSR count). The van der Waals surface area contributed by atoms with Gasteiger partial charge in [0, 0.05) is 0 Å². The maximum absolute atomic E-state index is 13.2. The lowest BCUT2D eigenvalue weighted by Gasteiger charge is -2.22. The summed E-state index contributed by atoms with van der Waals surface area (Å²) in [5.41, 5.74) is 3.09. The minimum Gasteiger partial charge on any atom is -0.332 e. The Labute approximate surface area is 183 Å². The standard InChI is InChI=1S/C23H24F3N5O/c1-14(16-10-9-15-5-2-3-6-17(15)11-16)29-22(32)30-20(21-27-13-28-31-21)18-7-4-8-19(12-18)23(24,25)26/h4,7-14,20H,2-3,5-6H2,1H3,(H,27,28,31)(H2,29,30,32)/t14-,20?/m1/s1. The number of H-pyrrole nitrogens is 1. The van der Waals surface area contributed by atoms with Gasteiger partial charge in [-0.1, -0.05) is 30.3 Å². The van der Waals surface area contributed by atoms with Crippen molar-refractivity contribution in [3.05, 3.63) is 82.4 Å². The van der Waals surface area contributed by atoms with E-state index in [0.717, 1.165) is 37.0 Å². The molecular weight excluding hydrogens is 419 g/mol. The second-order valence-corrected chi connectivity index (χ2v) is 8.00. The third-order valence-corrected chi connectivity index (χ3v) is 5.75. The topological polar surface area (TPSA) is 82.7 Å². The van der Waals surface area contributed by atoms with Crippen LogP contribution >= 0.6 is 0 Å². The zero-order valence-electron chi connectivity index (χ0n) is 17.5. The quantitative estimate of drug-likeness (QED) is 0.527. The van der Waals surface area contributed by atoms with Gasteiger partial charge in [0.25, 0.3) is 0 Å². The van der Waals surface area contributed by atoms with E-state index < -0.39 is 23.8 Å². The first-order valence-electron chi connectivity index (χ1n) is 10.5. The molecule has 9 heteroatoms. The molecule has 6 nitrogen and oxygen atoms in total. The average molecular weight is 443 g/mol. The van der Waals surface area contributed by atoms with Crippen LogP contribution in [0.4, 0.5) is 18.0 Å². The van der Waals surface area contributed by atoms with E-state index in [1.54, 1.807) is 0 Å². The summed E-state index contributed by atoms with van der Waals surface area (Å²) in [5, 5.41) is 12.0. The molecule has 2 atom stereocenters. The number of benzene rings is 2. The fourth-order valence-electron chi connectivity index (χ4n) is 4.03. The zero-order chi connectivity index (χ0) is 22.7. The molecule has 1 heterocycles. The Kier molecular flexibility index (Phi) is 6.16. The molecule has 2 amide bonds. The normalized spacial score (nSPS) is 15.5. The summed E-state index contributed by atoms with van der Waals surface area (Å²) < 4.78 is 39.5. The SMILES string of the molecule is C[C@@H](NC(=O)NC(c1cccc(C(F)(F)F)c1)c1ncn[nH]1)c1ccc2c(c1)CCCC2. The lowest BCUT2D eigenvalue weighted by Crippen LogP contribution is -2.40. The van der Waals surface area contributed by atoms with Crippen LogP contribution in [0.5, 0.6) is 0 Å². The molecular formula is C23H24F3N5O. The summed E-state index contributed by atoms with van der Waals surface area (Å²) >= 11 is 0. The van der Waals surface area contributed by atoms with Gasteiger partial charge >= 0.3 is 12.2 Å². The van der Waals surface area contributed by atoms with Gasteiger partial charge < -0.3 is 10.6 Å². The van der Waals surface area contributed by atoms with Gasteiger partial charge in [0.2, 0.25) is 0 Å². The van der Waals surface area contributed by atoms with Crippen molar-refractivity contribution in [2.75, 3.05) is 0 Å². The number of alkyl halides is 3. The van der Waals surface area contributed by atoms with Crippen LogP contribution in [0, 0.1) is 0 Å². The molecule has 0 bridgehead atoms. The number of carbonyl (C=O) groups is 1. The van der Waals surface area contributed by atoms with Crippen LogP contribution < -0.4 is 10.6 Å². The van der Waals surface area contributed by atoms with Crippen molar-refractivity contribution >= 4 is 6.03 Å². The molecule has 3 N–H and O–H groups in total. The lowest BCUT2D eigenvalue weighted by molar-refractivity contribution is -0.137. The number of hydrogen-bond donors (Lipinski definition) is 3. The minimum atomic E-state index is -4.49. The highest BCUT2D eigenvalue weighted by molar-refractivity contribution is 5.75. The van der Waals surface area contributed by atoms with Gasteiger partial charge in [0.1, 0.15) is 12.4 Å². The van der Waals surface area contributed by atoms with E-state index in [4.69, 9.17) is 0 Å². The van der Waals surface area contributed by atoms with Gasteiger partial charge in [-0.2, -0.15) is 18.3 Å². The van der Waals surface area contributed by atoms with Crippen molar-refractivity contribution in [3.8, 4) is 0 Å². The predicted octanol–water partition coefficient (Wildman–Crippen LogP) is 4.85. The molecule has 3 aromatic rings. The molecule has 168 valence electrons. The van der Waals surface area contributed by atoms with E-state index in [1.165, 1.54) is 36.0 Å². The summed E-state index contributed by atoms with van der Waals surface area (Å²) in [6.45, 7) is 1.87. The third kappa shape index (κ3) is 4.92. The predicted molar refractivity (Wildman–Crippen MR) is 113 cm³/mol. The Balaban J connectivity index is 1.51. The van der Waals surface area contributed by atoms with Crippen LogP contribution in [0.25, 0.3) is 0 Å². The number of carbonyl (C=O) groups excluding carboxylic acids is 1. The second-order valence-electron chi connectivity index (χ2n) is 8.00. The van der Waals surface area contributed by atoms with Crippen LogP contribution in [0.15, 0.2) is 48.8 Å². The fourth-order valence-corrected chi connectivity index (χ4v) is 4.03. The van der Waals surface area contributed by atoms with Crippen molar-refractivity contribution in [3.63, 3.8) is 0 Å². The van der Waals surface area contributed by atoms with Gasteiger partial charge in [0.15, 0.2) is 5.82 Å². The first-order valence-corrected chi connectivity index (χ1v) is 10.5. The van der Waals surface area contributed by atoms with E-state index in [0.29, 0.717) is 0 Å². The van der Waals surface area contributed by atoms with Crippen LogP contribution in [0.3, 0.4) is 0 Å². The molecule has 0 radical (unpaired) electrons. The fraction of sp³-hybridized carbons (Fsp3) is 0.348. The molecule has 0 saturated carbocycles. The summed E-state index contributed by atoms with van der Waals surface area (Å²) in [6.07, 6.45) is 1.21. The molecule has 1 aliphatic carbocycles. The Hall–Kier alpha value is -3.36. The number of urea groups is 1. The second kappa shape index (κ2) is 9.02.